The van der Waals surface area contributed by atoms with Crippen LogP contribution in [0.3, 0.4) is 0 Å². The topological polar surface area (TPSA) is 91.9 Å². The smallest absolute Gasteiger partial charge is 0.307 e. The highest BCUT2D eigenvalue weighted by molar-refractivity contribution is 5.71. The summed E-state index contributed by atoms with van der Waals surface area (Å²) in [6.45, 7) is 0. The second-order valence-corrected chi connectivity index (χ2v) is 7.27. The molecule has 0 amide bonds. The third-order valence-electron chi connectivity index (χ3n) is 5.81. The Bertz CT molecular complexity index is 825. The highest BCUT2D eigenvalue weighted by Crippen LogP contribution is 2.42. The fourth-order valence-corrected chi connectivity index (χ4v) is 4.33. The number of carboxylic acid groups (broad SMARTS) is 1. The molecule has 2 aliphatic rings. The minimum atomic E-state index is -0.765. The third kappa shape index (κ3) is 3.44. The van der Waals surface area contributed by atoms with E-state index in [0.29, 0.717) is 6.42 Å². The van der Waals surface area contributed by atoms with Gasteiger partial charge in [0.1, 0.15) is 11.5 Å². The van der Waals surface area contributed by atoms with E-state index in [4.69, 9.17) is 9.47 Å². The van der Waals surface area contributed by atoms with Gasteiger partial charge < -0.3 is 14.6 Å². The summed E-state index contributed by atoms with van der Waals surface area (Å²) >= 11 is 0. The maximum absolute atomic E-state index is 12.1. The van der Waals surface area contributed by atoms with E-state index in [9.17, 15) is 9.90 Å². The van der Waals surface area contributed by atoms with Crippen LogP contribution in [0.4, 0.5) is 0 Å². The van der Waals surface area contributed by atoms with Crippen LogP contribution < -0.4 is 25.6 Å². The van der Waals surface area contributed by atoms with Crippen LogP contribution >= 0.6 is 0 Å². The number of benzene rings is 2. The van der Waals surface area contributed by atoms with Crippen molar-refractivity contribution in [1.29, 1.82) is 0 Å². The zero-order chi connectivity index (χ0) is 19.7. The van der Waals surface area contributed by atoms with Crippen molar-refractivity contribution in [1.82, 2.24) is 16.2 Å². The van der Waals surface area contributed by atoms with Crippen molar-refractivity contribution in [2.24, 2.45) is 11.8 Å². The first kappa shape index (κ1) is 18.7. The Morgan fingerprint density at radius 1 is 0.929 bits per heavy atom. The number of ether oxygens (including phenoxy) is 2. The highest BCUT2D eigenvalue weighted by atomic mass is 16.5. The molecule has 2 heterocycles. The molecule has 2 saturated heterocycles. The van der Waals surface area contributed by atoms with E-state index in [0.717, 1.165) is 22.6 Å². The van der Waals surface area contributed by atoms with Gasteiger partial charge in [0.2, 0.25) is 0 Å². The molecule has 5 atom stereocenters. The second kappa shape index (κ2) is 7.79. The van der Waals surface area contributed by atoms with E-state index < -0.39 is 11.9 Å². The Kier molecular flexibility index (Phi) is 5.21. The molecule has 5 unspecified atom stereocenters. The molecule has 7 nitrogen and oxygen atoms in total. The molecule has 0 aliphatic carbocycles. The van der Waals surface area contributed by atoms with Gasteiger partial charge in [-0.3, -0.25) is 10.1 Å². The Morgan fingerprint density at radius 2 is 1.50 bits per heavy atom. The largest absolute Gasteiger partial charge is 0.497 e. The molecule has 7 heteroatoms. The average molecular weight is 383 g/mol. The predicted octanol–water partition coefficient (Wildman–Crippen LogP) is 2.23. The second-order valence-electron chi connectivity index (χ2n) is 7.27. The van der Waals surface area contributed by atoms with Crippen molar-refractivity contribution in [2.45, 2.75) is 24.7 Å². The Morgan fingerprint density at radius 3 is 2.04 bits per heavy atom. The first-order valence-corrected chi connectivity index (χ1v) is 9.38. The summed E-state index contributed by atoms with van der Waals surface area (Å²) in [6.07, 6.45) is 0.382. The summed E-state index contributed by atoms with van der Waals surface area (Å²) < 4.78 is 10.4. The molecule has 0 bridgehead atoms. The van der Waals surface area contributed by atoms with Crippen molar-refractivity contribution in [3.63, 3.8) is 0 Å². The average Bonchev–Trinajstić information content (AvgIpc) is 3.17. The molecular formula is C21H25N3O4. The van der Waals surface area contributed by atoms with E-state index in [1.807, 2.05) is 48.5 Å². The molecule has 0 aromatic heterocycles. The predicted molar refractivity (Wildman–Crippen MR) is 104 cm³/mol. The van der Waals surface area contributed by atoms with Gasteiger partial charge in [0, 0.05) is 12.0 Å². The van der Waals surface area contributed by atoms with Crippen molar-refractivity contribution in [3.05, 3.63) is 59.7 Å². The number of hydrogen-bond acceptors (Lipinski definition) is 6. The normalized spacial score (nSPS) is 29.1. The number of aliphatic carboxylic acids is 1. The van der Waals surface area contributed by atoms with Crippen LogP contribution in [0.2, 0.25) is 0 Å². The van der Waals surface area contributed by atoms with Gasteiger partial charge in [-0.15, -0.1) is 0 Å². The lowest BCUT2D eigenvalue weighted by Crippen LogP contribution is -2.53. The first-order chi connectivity index (χ1) is 13.6. The van der Waals surface area contributed by atoms with Crippen LogP contribution in [0.1, 0.15) is 29.6 Å². The molecule has 2 aromatic carbocycles. The van der Waals surface area contributed by atoms with Crippen molar-refractivity contribution in [3.8, 4) is 11.5 Å². The summed E-state index contributed by atoms with van der Waals surface area (Å²) in [5.74, 6) is 0.210. The number of hydrogen-bond donors (Lipinski definition) is 4. The maximum atomic E-state index is 12.1. The van der Waals surface area contributed by atoms with Gasteiger partial charge in [0.05, 0.1) is 32.3 Å². The highest BCUT2D eigenvalue weighted by Gasteiger charge is 2.49. The maximum Gasteiger partial charge on any atom is 0.307 e. The van der Waals surface area contributed by atoms with Crippen molar-refractivity contribution < 1.29 is 19.4 Å². The van der Waals surface area contributed by atoms with Gasteiger partial charge in [0.15, 0.2) is 0 Å². The molecule has 28 heavy (non-hydrogen) atoms. The lowest BCUT2D eigenvalue weighted by atomic mass is 9.75. The Labute approximate surface area is 164 Å². The number of rotatable bonds is 5. The van der Waals surface area contributed by atoms with E-state index in [-0.39, 0.29) is 24.2 Å². The van der Waals surface area contributed by atoms with Crippen LogP contribution in [-0.4, -0.2) is 31.5 Å². The zero-order valence-corrected chi connectivity index (χ0v) is 15.9. The number of hydrazine groups is 1. The van der Waals surface area contributed by atoms with Gasteiger partial charge in [-0.2, -0.15) is 0 Å². The molecule has 4 rings (SSSR count). The summed E-state index contributed by atoms with van der Waals surface area (Å²) in [5.41, 5.74) is 8.65. The molecule has 0 spiro atoms. The number of nitrogens with one attached hydrogen (secondary N) is 3. The van der Waals surface area contributed by atoms with E-state index in [1.165, 1.54) is 0 Å². The van der Waals surface area contributed by atoms with E-state index >= 15 is 0 Å². The molecule has 2 aromatic rings. The lowest BCUT2D eigenvalue weighted by molar-refractivity contribution is -0.146. The quantitative estimate of drug-likeness (QED) is 0.629. The van der Waals surface area contributed by atoms with Gasteiger partial charge >= 0.3 is 5.97 Å². The van der Waals surface area contributed by atoms with E-state index in [1.54, 1.807) is 14.2 Å². The van der Waals surface area contributed by atoms with Crippen LogP contribution in [-0.2, 0) is 4.79 Å². The molecule has 2 fully saturated rings. The minimum absolute atomic E-state index is 0.0443. The Hall–Kier alpha value is -2.61. The van der Waals surface area contributed by atoms with Crippen LogP contribution in [0.15, 0.2) is 48.5 Å². The van der Waals surface area contributed by atoms with Crippen LogP contribution in [0.25, 0.3) is 0 Å². The van der Waals surface area contributed by atoms with Crippen molar-refractivity contribution in [2.75, 3.05) is 14.2 Å². The minimum Gasteiger partial charge on any atom is -0.497 e. The Balaban J connectivity index is 1.58. The standard InChI is InChI=1S/C21H25N3O4/c1-27-14-7-3-12(4-8-14)17-11-16(21(25)26)18-19(23-24-20(18)22-17)13-5-9-15(28-2)10-6-13/h3-10,16-20,22-24H,11H2,1-2H3,(H,25,26). The molecule has 0 radical (unpaired) electrons. The van der Waals surface area contributed by atoms with Crippen LogP contribution in [0.5, 0.6) is 11.5 Å². The summed E-state index contributed by atoms with van der Waals surface area (Å²) in [7, 11) is 3.26. The number of fused-ring (bicyclic) bond motifs is 1. The summed E-state index contributed by atoms with van der Waals surface area (Å²) in [5, 5.41) is 13.5. The van der Waals surface area contributed by atoms with Crippen LogP contribution in [0, 0.1) is 11.8 Å². The summed E-state index contributed by atoms with van der Waals surface area (Å²) in [4.78, 5) is 12.1. The fraction of sp³-hybridized carbons (Fsp3) is 0.381. The molecule has 148 valence electrons. The van der Waals surface area contributed by atoms with Crippen molar-refractivity contribution >= 4 is 5.97 Å². The lowest BCUT2D eigenvalue weighted by Gasteiger charge is -2.39. The third-order valence-corrected chi connectivity index (χ3v) is 5.81. The first-order valence-electron chi connectivity index (χ1n) is 9.38. The molecule has 0 saturated carbocycles. The monoisotopic (exact) mass is 383 g/mol. The number of methoxy groups -OCH3 is 2. The number of carbonyl (C=O) groups is 1. The molecular weight excluding hydrogens is 358 g/mol. The number of piperidine rings is 1. The van der Waals surface area contributed by atoms with Gasteiger partial charge in [-0.05, 0) is 41.8 Å². The van der Waals surface area contributed by atoms with Gasteiger partial charge in [0.25, 0.3) is 0 Å². The summed E-state index contributed by atoms with van der Waals surface area (Å²) in [6, 6.07) is 15.4. The fourth-order valence-electron chi connectivity index (χ4n) is 4.33. The molecule has 2 aliphatic heterocycles. The number of carboxylic acids is 1. The van der Waals surface area contributed by atoms with Gasteiger partial charge in [-0.25, -0.2) is 10.9 Å². The SMILES string of the molecule is COc1ccc(C2CC(C(=O)O)C3C(NNC3c3ccc(OC)cc3)N2)cc1. The zero-order valence-electron chi connectivity index (χ0n) is 15.9. The van der Waals surface area contributed by atoms with Gasteiger partial charge in [-0.1, -0.05) is 24.3 Å². The molecule has 4 N–H and O–H groups in total. The van der Waals surface area contributed by atoms with E-state index in [2.05, 4.69) is 16.2 Å².